The van der Waals surface area contributed by atoms with Crippen molar-refractivity contribution < 1.29 is 4.79 Å². The lowest BCUT2D eigenvalue weighted by atomic mass is 10.0. The van der Waals surface area contributed by atoms with Gasteiger partial charge in [-0.2, -0.15) is 5.10 Å². The van der Waals surface area contributed by atoms with Crippen LogP contribution in [0.25, 0.3) is 10.9 Å². The third-order valence-corrected chi connectivity index (χ3v) is 5.01. The summed E-state index contributed by atoms with van der Waals surface area (Å²) < 4.78 is 1.78. The van der Waals surface area contributed by atoms with Crippen molar-refractivity contribution >= 4 is 16.8 Å². The van der Waals surface area contributed by atoms with Crippen molar-refractivity contribution in [2.45, 2.75) is 32.4 Å². The maximum Gasteiger partial charge on any atom is 0.224 e. The Morgan fingerprint density at radius 1 is 1.14 bits per heavy atom. The Bertz CT molecular complexity index is 1050. The molecule has 142 valence electrons. The Kier molecular flexibility index (Phi) is 5.19. The second-order valence-electron chi connectivity index (χ2n) is 6.93. The number of nitrogens with zero attached hydrogens (tertiary/aromatic N) is 3. The van der Waals surface area contributed by atoms with Crippen molar-refractivity contribution in [3.8, 4) is 0 Å². The van der Waals surface area contributed by atoms with Gasteiger partial charge in [0.25, 0.3) is 0 Å². The van der Waals surface area contributed by atoms with Gasteiger partial charge >= 0.3 is 0 Å². The van der Waals surface area contributed by atoms with Gasteiger partial charge in [-0.3, -0.25) is 9.48 Å². The highest BCUT2D eigenvalue weighted by Gasteiger charge is 2.17. The quantitative estimate of drug-likeness (QED) is 0.520. The van der Waals surface area contributed by atoms with E-state index in [9.17, 15) is 4.79 Å². The number of H-pyrrole nitrogens is 1. The molecule has 2 heterocycles. The highest BCUT2D eigenvalue weighted by Crippen LogP contribution is 2.23. The second kappa shape index (κ2) is 8.08. The van der Waals surface area contributed by atoms with Gasteiger partial charge in [-0.15, -0.1) is 0 Å². The van der Waals surface area contributed by atoms with E-state index in [1.54, 1.807) is 11.0 Å². The number of aromatic amines is 1. The number of fused-ring (bicyclic) bond motifs is 1. The van der Waals surface area contributed by atoms with Crippen molar-refractivity contribution in [3.63, 3.8) is 0 Å². The van der Waals surface area contributed by atoms with Crippen LogP contribution >= 0.6 is 0 Å². The van der Waals surface area contributed by atoms with E-state index in [4.69, 9.17) is 0 Å². The molecule has 0 unspecified atom stereocenters. The maximum absolute atomic E-state index is 12.9. The van der Waals surface area contributed by atoms with Gasteiger partial charge in [0, 0.05) is 23.1 Å². The molecule has 1 amide bonds. The van der Waals surface area contributed by atoms with Crippen LogP contribution in [0, 0.1) is 6.92 Å². The number of amides is 1. The highest BCUT2D eigenvalue weighted by atomic mass is 16.1. The second-order valence-corrected chi connectivity index (χ2v) is 6.93. The molecule has 0 saturated carbocycles. The summed E-state index contributed by atoms with van der Waals surface area (Å²) in [6, 6.07) is 18.1. The average Bonchev–Trinajstić information content (AvgIpc) is 3.34. The highest BCUT2D eigenvalue weighted by molar-refractivity contribution is 5.90. The molecule has 0 bridgehead atoms. The van der Waals surface area contributed by atoms with E-state index in [0.717, 1.165) is 34.1 Å². The summed E-state index contributed by atoms with van der Waals surface area (Å²) in [5.74, 6) is 0.0142. The van der Waals surface area contributed by atoms with E-state index in [0.29, 0.717) is 13.0 Å². The van der Waals surface area contributed by atoms with Gasteiger partial charge in [0.15, 0.2) is 0 Å². The number of rotatable bonds is 7. The third-order valence-electron chi connectivity index (χ3n) is 5.01. The molecule has 6 heteroatoms. The van der Waals surface area contributed by atoms with Crippen LogP contribution in [-0.2, 0) is 17.8 Å². The topological polar surface area (TPSA) is 75.6 Å². The normalized spacial score (nSPS) is 12.2. The molecule has 4 rings (SSSR count). The molecule has 0 aliphatic heterocycles. The van der Waals surface area contributed by atoms with Crippen LogP contribution in [0.5, 0.6) is 0 Å². The number of hydrogen-bond acceptors (Lipinski definition) is 3. The van der Waals surface area contributed by atoms with Crippen molar-refractivity contribution in [2.24, 2.45) is 0 Å². The van der Waals surface area contributed by atoms with Crippen LogP contribution in [0.2, 0.25) is 0 Å². The van der Waals surface area contributed by atoms with Gasteiger partial charge in [0.2, 0.25) is 5.91 Å². The van der Waals surface area contributed by atoms with Crippen molar-refractivity contribution in [1.82, 2.24) is 25.1 Å². The first-order valence-electron chi connectivity index (χ1n) is 9.43. The molecule has 1 atom stereocenters. The predicted octanol–water partition coefficient (Wildman–Crippen LogP) is 3.56. The fourth-order valence-electron chi connectivity index (χ4n) is 3.59. The van der Waals surface area contributed by atoms with E-state index >= 15 is 0 Å². The molecule has 0 fully saturated rings. The third kappa shape index (κ3) is 3.96. The minimum Gasteiger partial charge on any atom is -0.358 e. The van der Waals surface area contributed by atoms with Gasteiger partial charge in [0.1, 0.15) is 12.7 Å². The average molecular weight is 373 g/mol. The number of carbonyl (C=O) groups is 1. The standard InChI is InChI=1S/C22H23N5O/c1-16-19(18-9-5-6-10-21(18)25-16)13-22(28)26-20(17-7-3-2-4-8-17)11-12-27-15-23-14-24-27/h2-10,14-15,20,25H,11-13H2,1H3,(H,26,28)/t20-/m1/s1. The summed E-state index contributed by atoms with van der Waals surface area (Å²) >= 11 is 0. The van der Waals surface area contributed by atoms with Crippen LogP contribution < -0.4 is 5.32 Å². The molecular formula is C22H23N5O. The van der Waals surface area contributed by atoms with Crippen LogP contribution in [0.1, 0.15) is 29.3 Å². The van der Waals surface area contributed by atoms with Crippen LogP contribution in [0.3, 0.4) is 0 Å². The fraction of sp³-hybridized carbons (Fsp3) is 0.227. The van der Waals surface area contributed by atoms with Gasteiger partial charge < -0.3 is 10.3 Å². The SMILES string of the molecule is Cc1[nH]c2ccccc2c1CC(=O)N[C@H](CCn1cncn1)c1ccccc1. The van der Waals surface area contributed by atoms with Gasteiger partial charge in [-0.25, -0.2) is 4.98 Å². The lowest BCUT2D eigenvalue weighted by molar-refractivity contribution is -0.121. The first kappa shape index (κ1) is 18.0. The minimum absolute atomic E-state index is 0.0142. The molecule has 0 spiro atoms. The molecule has 2 aromatic heterocycles. The summed E-state index contributed by atoms with van der Waals surface area (Å²) in [4.78, 5) is 20.2. The molecule has 0 aliphatic rings. The monoisotopic (exact) mass is 373 g/mol. The van der Waals surface area contributed by atoms with Gasteiger partial charge in [0.05, 0.1) is 12.5 Å². The van der Waals surface area contributed by atoms with Gasteiger partial charge in [-0.1, -0.05) is 48.5 Å². The Balaban J connectivity index is 1.50. The lowest BCUT2D eigenvalue weighted by Crippen LogP contribution is -2.30. The zero-order valence-electron chi connectivity index (χ0n) is 15.8. The maximum atomic E-state index is 12.9. The van der Waals surface area contributed by atoms with Crippen molar-refractivity contribution in [3.05, 3.63) is 84.1 Å². The zero-order chi connectivity index (χ0) is 19.3. The molecule has 0 aliphatic carbocycles. The smallest absolute Gasteiger partial charge is 0.224 e. The molecule has 4 aromatic rings. The number of hydrogen-bond donors (Lipinski definition) is 2. The fourth-order valence-corrected chi connectivity index (χ4v) is 3.59. The lowest BCUT2D eigenvalue weighted by Gasteiger charge is -2.19. The first-order valence-corrected chi connectivity index (χ1v) is 9.43. The molecule has 6 nitrogen and oxygen atoms in total. The molecule has 0 radical (unpaired) electrons. The van der Waals surface area contributed by atoms with E-state index in [1.165, 1.54) is 6.33 Å². The number of para-hydroxylation sites is 1. The summed E-state index contributed by atoms with van der Waals surface area (Å²) in [5, 5.41) is 8.47. The molecule has 2 aromatic carbocycles. The summed E-state index contributed by atoms with van der Waals surface area (Å²) in [6.07, 6.45) is 4.31. The summed E-state index contributed by atoms with van der Waals surface area (Å²) in [5.41, 5.74) is 4.24. The van der Waals surface area contributed by atoms with E-state index in [1.807, 2.05) is 55.5 Å². The van der Waals surface area contributed by atoms with E-state index < -0.39 is 0 Å². The predicted molar refractivity (Wildman–Crippen MR) is 109 cm³/mol. The summed E-state index contributed by atoms with van der Waals surface area (Å²) in [6.45, 7) is 2.70. The number of carbonyl (C=O) groups excluding carboxylic acids is 1. The Morgan fingerprint density at radius 2 is 1.93 bits per heavy atom. The Labute approximate surface area is 163 Å². The van der Waals surface area contributed by atoms with Crippen LogP contribution in [0.4, 0.5) is 0 Å². The zero-order valence-corrected chi connectivity index (χ0v) is 15.8. The van der Waals surface area contributed by atoms with Crippen LogP contribution in [-0.4, -0.2) is 25.7 Å². The van der Waals surface area contributed by atoms with Crippen LogP contribution in [0.15, 0.2) is 67.3 Å². The van der Waals surface area contributed by atoms with Crippen molar-refractivity contribution in [2.75, 3.05) is 0 Å². The summed E-state index contributed by atoms with van der Waals surface area (Å²) in [7, 11) is 0. The van der Waals surface area contributed by atoms with Gasteiger partial charge in [-0.05, 0) is 30.5 Å². The van der Waals surface area contributed by atoms with Crippen molar-refractivity contribution in [1.29, 1.82) is 0 Å². The largest absolute Gasteiger partial charge is 0.358 e. The Morgan fingerprint density at radius 3 is 2.71 bits per heavy atom. The number of aromatic nitrogens is 4. The first-order chi connectivity index (χ1) is 13.7. The number of nitrogens with one attached hydrogen (secondary N) is 2. The van der Waals surface area contributed by atoms with E-state index in [-0.39, 0.29) is 11.9 Å². The Hall–Kier alpha value is -3.41. The molecule has 2 N–H and O–H groups in total. The molecule has 28 heavy (non-hydrogen) atoms. The van der Waals surface area contributed by atoms with E-state index in [2.05, 4.69) is 26.4 Å². The number of aryl methyl sites for hydroxylation is 2. The molecular weight excluding hydrogens is 350 g/mol. The number of benzene rings is 2. The molecule has 0 saturated heterocycles. The minimum atomic E-state index is -0.0802.